The Morgan fingerprint density at radius 2 is 2.22 bits per heavy atom. The van der Waals surface area contributed by atoms with E-state index in [2.05, 4.69) is 35.3 Å². The lowest BCUT2D eigenvalue weighted by molar-refractivity contribution is 0.551. The fourth-order valence-electron chi connectivity index (χ4n) is 1.78. The minimum atomic E-state index is 0.624. The largest absolute Gasteiger partial charge is 0.312 e. The van der Waals surface area contributed by atoms with Gasteiger partial charge in [-0.25, -0.2) is 9.67 Å². The van der Waals surface area contributed by atoms with Crippen LogP contribution in [0.25, 0.3) is 5.69 Å². The smallest absolute Gasteiger partial charge is 0.138 e. The van der Waals surface area contributed by atoms with Crippen LogP contribution in [-0.4, -0.2) is 21.3 Å². The standard InChI is InChI=1S/C13H17ClN4/c1-10(2)6-15-7-11-4-3-5-12(14)13(11)18-9-16-8-17-18/h3-5,8-10,15H,6-7H2,1-2H3. The zero-order chi connectivity index (χ0) is 13.0. The third-order valence-electron chi connectivity index (χ3n) is 2.59. The molecule has 0 aliphatic heterocycles. The third-order valence-corrected chi connectivity index (χ3v) is 2.89. The molecule has 0 bridgehead atoms. The Hall–Kier alpha value is -1.39. The molecule has 0 unspecified atom stereocenters. The highest BCUT2D eigenvalue weighted by atomic mass is 35.5. The maximum Gasteiger partial charge on any atom is 0.138 e. The van der Waals surface area contributed by atoms with E-state index in [9.17, 15) is 0 Å². The van der Waals surface area contributed by atoms with E-state index in [1.165, 1.54) is 6.33 Å². The van der Waals surface area contributed by atoms with E-state index in [4.69, 9.17) is 11.6 Å². The van der Waals surface area contributed by atoms with Gasteiger partial charge in [0.25, 0.3) is 0 Å². The fourth-order valence-corrected chi connectivity index (χ4v) is 2.06. The van der Waals surface area contributed by atoms with Gasteiger partial charge in [-0.1, -0.05) is 37.6 Å². The molecule has 0 aliphatic carbocycles. The monoisotopic (exact) mass is 264 g/mol. The number of hydrogen-bond acceptors (Lipinski definition) is 3. The van der Waals surface area contributed by atoms with Gasteiger partial charge < -0.3 is 5.32 Å². The van der Waals surface area contributed by atoms with E-state index >= 15 is 0 Å². The number of nitrogens with one attached hydrogen (secondary N) is 1. The molecule has 18 heavy (non-hydrogen) atoms. The molecule has 1 aromatic heterocycles. The van der Waals surface area contributed by atoms with Crippen LogP contribution in [0.1, 0.15) is 19.4 Å². The zero-order valence-corrected chi connectivity index (χ0v) is 11.4. The number of aromatic nitrogens is 3. The first-order chi connectivity index (χ1) is 8.68. The molecule has 0 saturated heterocycles. The first kappa shape index (κ1) is 13.1. The van der Waals surface area contributed by atoms with E-state index in [0.29, 0.717) is 10.9 Å². The summed E-state index contributed by atoms with van der Waals surface area (Å²) < 4.78 is 1.70. The molecule has 4 nitrogen and oxygen atoms in total. The van der Waals surface area contributed by atoms with Gasteiger partial charge >= 0.3 is 0 Å². The average Bonchev–Trinajstić information content (AvgIpc) is 2.82. The van der Waals surface area contributed by atoms with Crippen molar-refractivity contribution in [1.82, 2.24) is 20.1 Å². The van der Waals surface area contributed by atoms with Gasteiger partial charge in [0.1, 0.15) is 12.7 Å². The van der Waals surface area contributed by atoms with E-state index in [-0.39, 0.29) is 0 Å². The van der Waals surface area contributed by atoms with Crippen molar-refractivity contribution in [2.45, 2.75) is 20.4 Å². The highest BCUT2D eigenvalue weighted by Gasteiger charge is 2.09. The Morgan fingerprint density at radius 1 is 1.39 bits per heavy atom. The number of halogens is 1. The molecular weight excluding hydrogens is 248 g/mol. The van der Waals surface area contributed by atoms with Gasteiger partial charge in [-0.15, -0.1) is 0 Å². The summed E-state index contributed by atoms with van der Waals surface area (Å²) in [5.74, 6) is 0.624. The molecule has 0 aliphatic rings. The lowest BCUT2D eigenvalue weighted by atomic mass is 10.1. The van der Waals surface area contributed by atoms with Crippen LogP contribution in [0.15, 0.2) is 30.9 Å². The number of hydrogen-bond donors (Lipinski definition) is 1. The van der Waals surface area contributed by atoms with E-state index in [1.807, 2.05) is 12.1 Å². The molecule has 0 amide bonds. The van der Waals surface area contributed by atoms with Crippen molar-refractivity contribution < 1.29 is 0 Å². The molecule has 0 spiro atoms. The van der Waals surface area contributed by atoms with Gasteiger partial charge in [0.2, 0.25) is 0 Å². The Labute approximate surface area is 112 Å². The Bertz CT molecular complexity index is 494. The maximum absolute atomic E-state index is 6.25. The first-order valence-electron chi connectivity index (χ1n) is 6.01. The summed E-state index contributed by atoms with van der Waals surface area (Å²) in [5.41, 5.74) is 2.02. The van der Waals surface area contributed by atoms with Crippen LogP contribution < -0.4 is 5.32 Å². The highest BCUT2D eigenvalue weighted by molar-refractivity contribution is 6.32. The van der Waals surface area contributed by atoms with Crippen LogP contribution in [0, 0.1) is 5.92 Å². The zero-order valence-electron chi connectivity index (χ0n) is 10.6. The second-order valence-electron chi connectivity index (χ2n) is 4.61. The lowest BCUT2D eigenvalue weighted by Gasteiger charge is -2.12. The van der Waals surface area contributed by atoms with Crippen molar-refractivity contribution in [1.29, 1.82) is 0 Å². The molecule has 1 heterocycles. The quantitative estimate of drug-likeness (QED) is 0.903. The summed E-state index contributed by atoms with van der Waals surface area (Å²) in [6.07, 6.45) is 3.17. The summed E-state index contributed by atoms with van der Waals surface area (Å²) in [6, 6.07) is 5.87. The molecule has 1 aromatic carbocycles. The van der Waals surface area contributed by atoms with Crippen molar-refractivity contribution in [3.63, 3.8) is 0 Å². The molecule has 0 saturated carbocycles. The van der Waals surface area contributed by atoms with Crippen LogP contribution in [0.4, 0.5) is 0 Å². The molecule has 0 radical (unpaired) electrons. The summed E-state index contributed by atoms with van der Waals surface area (Å²) in [7, 11) is 0. The predicted octanol–water partition coefficient (Wildman–Crippen LogP) is 2.67. The van der Waals surface area contributed by atoms with Crippen LogP contribution >= 0.6 is 11.6 Å². The van der Waals surface area contributed by atoms with Gasteiger partial charge in [-0.3, -0.25) is 0 Å². The average molecular weight is 265 g/mol. The molecule has 5 heteroatoms. The second kappa shape index (κ2) is 5.98. The highest BCUT2D eigenvalue weighted by Crippen LogP contribution is 2.23. The van der Waals surface area contributed by atoms with Crippen molar-refractivity contribution in [2.75, 3.05) is 6.54 Å². The second-order valence-corrected chi connectivity index (χ2v) is 5.02. The van der Waals surface area contributed by atoms with Gasteiger partial charge in [-0.2, -0.15) is 5.10 Å². The van der Waals surface area contributed by atoms with Gasteiger partial charge in [0.05, 0.1) is 10.7 Å². The van der Waals surface area contributed by atoms with Gasteiger partial charge in [-0.05, 0) is 24.1 Å². The maximum atomic E-state index is 6.25. The molecular formula is C13H17ClN4. The van der Waals surface area contributed by atoms with Crippen LogP contribution in [-0.2, 0) is 6.54 Å². The first-order valence-corrected chi connectivity index (χ1v) is 6.39. The lowest BCUT2D eigenvalue weighted by Crippen LogP contribution is -2.20. The Balaban J connectivity index is 2.22. The Morgan fingerprint density at radius 3 is 2.89 bits per heavy atom. The molecule has 96 valence electrons. The number of nitrogens with zero attached hydrogens (tertiary/aromatic N) is 3. The van der Waals surface area contributed by atoms with E-state index in [1.54, 1.807) is 11.0 Å². The number of benzene rings is 1. The third kappa shape index (κ3) is 3.09. The normalized spacial score (nSPS) is 11.1. The molecule has 1 N–H and O–H groups in total. The van der Waals surface area contributed by atoms with Crippen molar-refractivity contribution in [2.24, 2.45) is 5.92 Å². The van der Waals surface area contributed by atoms with Crippen molar-refractivity contribution >= 4 is 11.6 Å². The SMILES string of the molecule is CC(C)CNCc1cccc(Cl)c1-n1cncn1. The fraction of sp³-hybridized carbons (Fsp3) is 0.385. The molecule has 0 atom stereocenters. The molecule has 2 aromatic rings. The molecule has 2 rings (SSSR count). The van der Waals surface area contributed by atoms with E-state index in [0.717, 1.165) is 24.3 Å². The molecule has 0 fully saturated rings. The van der Waals surface area contributed by atoms with E-state index < -0.39 is 0 Å². The predicted molar refractivity (Wildman–Crippen MR) is 72.9 cm³/mol. The minimum absolute atomic E-state index is 0.624. The summed E-state index contributed by atoms with van der Waals surface area (Å²) >= 11 is 6.25. The summed E-state index contributed by atoms with van der Waals surface area (Å²) in [4.78, 5) is 3.96. The number of para-hydroxylation sites is 1. The van der Waals surface area contributed by atoms with Crippen LogP contribution in [0.2, 0.25) is 5.02 Å². The van der Waals surface area contributed by atoms with Gasteiger partial charge in [0, 0.05) is 6.54 Å². The van der Waals surface area contributed by atoms with Crippen molar-refractivity contribution in [3.8, 4) is 5.69 Å². The van der Waals surface area contributed by atoms with Crippen LogP contribution in [0.3, 0.4) is 0 Å². The van der Waals surface area contributed by atoms with Crippen LogP contribution in [0.5, 0.6) is 0 Å². The minimum Gasteiger partial charge on any atom is -0.312 e. The summed E-state index contributed by atoms with van der Waals surface area (Å²) in [6.45, 7) is 6.11. The number of rotatable bonds is 5. The Kier molecular flexibility index (Phi) is 4.33. The summed E-state index contributed by atoms with van der Waals surface area (Å²) in [5, 5.41) is 8.24. The van der Waals surface area contributed by atoms with Crippen molar-refractivity contribution in [3.05, 3.63) is 41.4 Å². The van der Waals surface area contributed by atoms with Gasteiger partial charge in [0.15, 0.2) is 0 Å². The topological polar surface area (TPSA) is 42.7 Å².